The highest BCUT2D eigenvalue weighted by molar-refractivity contribution is 5.97. The highest BCUT2D eigenvalue weighted by atomic mass is 16.6. The number of carbonyl (C=O) groups is 1. The molecule has 1 N–H and O–H groups in total. The van der Waals surface area contributed by atoms with Gasteiger partial charge in [0, 0.05) is 30.3 Å². The van der Waals surface area contributed by atoms with Crippen molar-refractivity contribution >= 4 is 11.5 Å². The average Bonchev–Trinajstić information content (AvgIpc) is 2.38. The van der Waals surface area contributed by atoms with Crippen LogP contribution in [0.25, 0.3) is 0 Å². The van der Waals surface area contributed by atoms with Gasteiger partial charge in [-0.25, -0.2) is 0 Å². The molecule has 0 heterocycles. The Kier molecular flexibility index (Phi) is 5.59. The standard InChI is InChI=1S/C13H18N2O4/c1-10(2)14(7-8-16)9-13(17)11-3-5-12(6-4-11)15(18)19/h3-6,10,16H,7-9H2,1-2H3. The molecule has 0 aliphatic carbocycles. The molecule has 104 valence electrons. The number of Topliss-reactive ketones (excluding diaryl/α,β-unsaturated/α-hetero) is 1. The number of rotatable bonds is 7. The minimum Gasteiger partial charge on any atom is -0.395 e. The predicted molar refractivity (Wildman–Crippen MR) is 71.2 cm³/mol. The average molecular weight is 266 g/mol. The molecule has 19 heavy (non-hydrogen) atoms. The van der Waals surface area contributed by atoms with Gasteiger partial charge in [-0.1, -0.05) is 0 Å². The van der Waals surface area contributed by atoms with Crippen LogP contribution in [0.2, 0.25) is 0 Å². The van der Waals surface area contributed by atoms with Crippen LogP contribution in [0.5, 0.6) is 0 Å². The molecule has 0 bridgehead atoms. The van der Waals surface area contributed by atoms with E-state index in [0.29, 0.717) is 12.1 Å². The van der Waals surface area contributed by atoms with Crippen molar-refractivity contribution in [3.05, 3.63) is 39.9 Å². The van der Waals surface area contributed by atoms with Gasteiger partial charge in [-0.05, 0) is 26.0 Å². The van der Waals surface area contributed by atoms with Gasteiger partial charge in [0.15, 0.2) is 5.78 Å². The topological polar surface area (TPSA) is 83.7 Å². The van der Waals surface area contributed by atoms with E-state index in [4.69, 9.17) is 5.11 Å². The van der Waals surface area contributed by atoms with Crippen LogP contribution in [0.4, 0.5) is 5.69 Å². The maximum absolute atomic E-state index is 12.0. The molecule has 0 aliphatic heterocycles. The minimum atomic E-state index is -0.500. The van der Waals surface area contributed by atoms with Crippen LogP contribution in [0.15, 0.2) is 24.3 Å². The van der Waals surface area contributed by atoms with Gasteiger partial charge in [-0.2, -0.15) is 0 Å². The first-order valence-corrected chi connectivity index (χ1v) is 6.08. The third-order valence-corrected chi connectivity index (χ3v) is 2.86. The number of nitro groups is 1. The third kappa shape index (κ3) is 4.42. The van der Waals surface area contributed by atoms with Crippen molar-refractivity contribution in [2.24, 2.45) is 0 Å². The first-order valence-electron chi connectivity index (χ1n) is 6.08. The third-order valence-electron chi connectivity index (χ3n) is 2.86. The lowest BCUT2D eigenvalue weighted by Crippen LogP contribution is -2.37. The SMILES string of the molecule is CC(C)N(CCO)CC(=O)c1ccc([N+](=O)[O-])cc1. The number of hydrogen-bond acceptors (Lipinski definition) is 5. The first kappa shape index (κ1) is 15.3. The zero-order chi connectivity index (χ0) is 14.4. The summed E-state index contributed by atoms with van der Waals surface area (Å²) < 4.78 is 0. The quantitative estimate of drug-likeness (QED) is 0.459. The van der Waals surface area contributed by atoms with Crippen molar-refractivity contribution in [3.8, 4) is 0 Å². The number of benzene rings is 1. The van der Waals surface area contributed by atoms with Crippen LogP contribution >= 0.6 is 0 Å². The Labute approximate surface area is 111 Å². The van der Waals surface area contributed by atoms with Crippen LogP contribution in [0, 0.1) is 10.1 Å². The number of non-ortho nitro benzene ring substituents is 1. The highest BCUT2D eigenvalue weighted by Gasteiger charge is 2.15. The molecule has 0 aliphatic rings. The van der Waals surface area contributed by atoms with Crippen LogP contribution in [0.1, 0.15) is 24.2 Å². The van der Waals surface area contributed by atoms with Gasteiger partial charge in [-0.3, -0.25) is 19.8 Å². The Bertz CT molecular complexity index is 442. The fourth-order valence-corrected chi connectivity index (χ4v) is 1.69. The van der Waals surface area contributed by atoms with E-state index >= 15 is 0 Å². The second kappa shape index (κ2) is 6.96. The molecule has 0 atom stereocenters. The van der Waals surface area contributed by atoms with Crippen molar-refractivity contribution in [1.29, 1.82) is 0 Å². The Morgan fingerprint density at radius 3 is 2.37 bits per heavy atom. The molecular formula is C13H18N2O4. The Balaban J connectivity index is 2.74. The second-order valence-electron chi connectivity index (χ2n) is 4.51. The maximum Gasteiger partial charge on any atom is 0.269 e. The molecule has 0 amide bonds. The molecule has 0 saturated heterocycles. The largest absolute Gasteiger partial charge is 0.395 e. The minimum absolute atomic E-state index is 0.00821. The zero-order valence-corrected chi connectivity index (χ0v) is 11.1. The summed E-state index contributed by atoms with van der Waals surface area (Å²) >= 11 is 0. The number of nitrogens with zero attached hydrogens (tertiary/aromatic N) is 2. The van der Waals surface area contributed by atoms with Gasteiger partial charge in [-0.15, -0.1) is 0 Å². The number of aliphatic hydroxyl groups excluding tert-OH is 1. The van der Waals surface area contributed by atoms with Crippen molar-refractivity contribution in [2.75, 3.05) is 19.7 Å². The van der Waals surface area contributed by atoms with Gasteiger partial charge in [0.05, 0.1) is 18.1 Å². The van der Waals surface area contributed by atoms with Gasteiger partial charge < -0.3 is 5.11 Å². The van der Waals surface area contributed by atoms with Crippen molar-refractivity contribution in [3.63, 3.8) is 0 Å². The summed E-state index contributed by atoms with van der Waals surface area (Å²) in [5.74, 6) is -0.114. The summed E-state index contributed by atoms with van der Waals surface area (Å²) in [6.45, 7) is 4.50. The van der Waals surface area contributed by atoms with Gasteiger partial charge in [0.25, 0.3) is 5.69 Å². The van der Waals surface area contributed by atoms with Crippen LogP contribution < -0.4 is 0 Å². The summed E-state index contributed by atoms with van der Waals surface area (Å²) in [6.07, 6.45) is 0. The van der Waals surface area contributed by atoms with E-state index in [2.05, 4.69) is 0 Å². The Morgan fingerprint density at radius 2 is 1.95 bits per heavy atom. The lowest BCUT2D eigenvalue weighted by molar-refractivity contribution is -0.384. The van der Waals surface area contributed by atoms with Gasteiger partial charge in [0.1, 0.15) is 0 Å². The number of carbonyl (C=O) groups excluding carboxylic acids is 1. The predicted octanol–water partition coefficient (Wildman–Crippen LogP) is 1.48. The lowest BCUT2D eigenvalue weighted by Gasteiger charge is -2.24. The van der Waals surface area contributed by atoms with E-state index in [1.165, 1.54) is 24.3 Å². The van der Waals surface area contributed by atoms with Crippen molar-refractivity contribution in [2.45, 2.75) is 19.9 Å². The number of hydrogen-bond donors (Lipinski definition) is 1. The Hall–Kier alpha value is -1.79. The molecule has 0 aromatic heterocycles. The highest BCUT2D eigenvalue weighted by Crippen LogP contribution is 2.13. The molecule has 0 spiro atoms. The van der Waals surface area contributed by atoms with Crippen molar-refractivity contribution < 1.29 is 14.8 Å². The maximum atomic E-state index is 12.0. The number of ketones is 1. The van der Waals surface area contributed by atoms with Crippen LogP contribution in [0.3, 0.4) is 0 Å². The van der Waals surface area contributed by atoms with E-state index in [0.717, 1.165) is 0 Å². The van der Waals surface area contributed by atoms with E-state index in [-0.39, 0.29) is 30.7 Å². The summed E-state index contributed by atoms with van der Waals surface area (Å²) in [4.78, 5) is 23.9. The molecule has 6 nitrogen and oxygen atoms in total. The van der Waals surface area contributed by atoms with Crippen LogP contribution in [-0.4, -0.2) is 46.5 Å². The summed E-state index contributed by atoms with van der Waals surface area (Å²) in [5.41, 5.74) is 0.404. The second-order valence-corrected chi connectivity index (χ2v) is 4.51. The first-order chi connectivity index (χ1) is 8.95. The molecule has 6 heteroatoms. The molecule has 0 unspecified atom stereocenters. The van der Waals surface area contributed by atoms with E-state index in [1.54, 1.807) is 0 Å². The number of nitro benzene ring substituents is 1. The van der Waals surface area contributed by atoms with E-state index in [1.807, 2.05) is 18.7 Å². The summed E-state index contributed by atoms with van der Waals surface area (Å²) in [7, 11) is 0. The fraction of sp³-hybridized carbons (Fsp3) is 0.462. The van der Waals surface area contributed by atoms with E-state index < -0.39 is 4.92 Å². The molecule has 0 radical (unpaired) electrons. The smallest absolute Gasteiger partial charge is 0.269 e. The van der Waals surface area contributed by atoms with Gasteiger partial charge >= 0.3 is 0 Å². The summed E-state index contributed by atoms with van der Waals surface area (Å²) in [6, 6.07) is 5.70. The molecule has 0 fully saturated rings. The van der Waals surface area contributed by atoms with Crippen LogP contribution in [-0.2, 0) is 0 Å². The van der Waals surface area contributed by atoms with Crippen molar-refractivity contribution in [1.82, 2.24) is 4.90 Å². The molecular weight excluding hydrogens is 248 g/mol. The lowest BCUT2D eigenvalue weighted by atomic mass is 10.1. The van der Waals surface area contributed by atoms with Gasteiger partial charge in [0.2, 0.25) is 0 Å². The zero-order valence-electron chi connectivity index (χ0n) is 11.1. The fourth-order valence-electron chi connectivity index (χ4n) is 1.69. The molecule has 1 rings (SSSR count). The Morgan fingerprint density at radius 1 is 1.37 bits per heavy atom. The molecule has 1 aromatic carbocycles. The molecule has 0 saturated carbocycles. The number of aliphatic hydroxyl groups is 1. The molecule has 1 aromatic rings. The normalized spacial score (nSPS) is 11.0. The van der Waals surface area contributed by atoms with E-state index in [9.17, 15) is 14.9 Å². The summed E-state index contributed by atoms with van der Waals surface area (Å²) in [5, 5.41) is 19.5. The monoisotopic (exact) mass is 266 g/mol.